The van der Waals surface area contributed by atoms with Crippen LogP contribution in [0.1, 0.15) is 31.2 Å². The summed E-state index contributed by atoms with van der Waals surface area (Å²) in [6, 6.07) is 14.6. The average molecular weight is 407 g/mol. The highest BCUT2D eigenvalue weighted by molar-refractivity contribution is 7.93. The van der Waals surface area contributed by atoms with E-state index in [0.29, 0.717) is 18.6 Å². The van der Waals surface area contributed by atoms with Crippen LogP contribution in [-0.2, 0) is 19.9 Å². The first kappa shape index (κ1) is 19.6. The predicted octanol–water partition coefficient (Wildman–Crippen LogP) is 3.05. The van der Waals surface area contributed by atoms with E-state index in [9.17, 15) is 16.8 Å². The largest absolute Gasteiger partial charge is 0.276 e. The maximum atomic E-state index is 13.0. The van der Waals surface area contributed by atoms with Gasteiger partial charge in [-0.1, -0.05) is 42.3 Å². The molecule has 0 aromatic heterocycles. The molecule has 0 aliphatic heterocycles. The van der Waals surface area contributed by atoms with E-state index in [1.54, 1.807) is 42.5 Å². The summed E-state index contributed by atoms with van der Waals surface area (Å²) in [4.78, 5) is 2.53. The zero-order valence-electron chi connectivity index (χ0n) is 15.0. The molecule has 0 saturated heterocycles. The maximum absolute atomic E-state index is 13.0. The van der Waals surface area contributed by atoms with Crippen LogP contribution in [0, 0.1) is 6.92 Å². The van der Waals surface area contributed by atoms with E-state index in [1.165, 1.54) is 12.1 Å². The summed E-state index contributed by atoms with van der Waals surface area (Å²) >= 11 is 0. The number of hydrogen-bond donors (Lipinski definition) is 1. The Hall–Kier alpha value is -2.19. The third-order valence-electron chi connectivity index (χ3n) is 4.61. The van der Waals surface area contributed by atoms with Crippen molar-refractivity contribution in [3.63, 3.8) is 0 Å². The van der Waals surface area contributed by atoms with E-state index in [0.717, 1.165) is 18.4 Å². The van der Waals surface area contributed by atoms with Crippen molar-refractivity contribution in [2.45, 2.75) is 47.6 Å². The standard InChI is InChI=1S/C19H22N2O4S2/c1-15-11-13-17(14-12-15)27(24,25)21-20-18-9-5-6-10-19(18)26(22,23)16-7-3-2-4-8-16/h2-4,7-8,11-14,19,21H,5-6,9-10H2,1H3/b20-18-. The van der Waals surface area contributed by atoms with Gasteiger partial charge in [0, 0.05) is 0 Å². The molecule has 1 saturated carbocycles. The zero-order chi connectivity index (χ0) is 19.5. The third kappa shape index (κ3) is 4.39. The molecule has 0 heterocycles. The number of nitrogens with zero attached hydrogens (tertiary/aromatic N) is 1. The van der Waals surface area contributed by atoms with Crippen LogP contribution in [0.25, 0.3) is 0 Å². The molecule has 144 valence electrons. The molecule has 0 bridgehead atoms. The van der Waals surface area contributed by atoms with Crippen LogP contribution >= 0.6 is 0 Å². The highest BCUT2D eigenvalue weighted by Gasteiger charge is 2.34. The molecule has 1 aliphatic carbocycles. The fraction of sp³-hybridized carbons (Fsp3) is 0.316. The number of hydrazone groups is 1. The van der Waals surface area contributed by atoms with E-state index in [1.807, 2.05) is 6.92 Å². The van der Waals surface area contributed by atoms with Crippen LogP contribution in [0.2, 0.25) is 0 Å². The molecular weight excluding hydrogens is 384 g/mol. The monoisotopic (exact) mass is 406 g/mol. The second-order valence-corrected chi connectivity index (χ2v) is 10.4. The molecule has 8 heteroatoms. The highest BCUT2D eigenvalue weighted by atomic mass is 32.2. The molecule has 27 heavy (non-hydrogen) atoms. The molecule has 1 fully saturated rings. The number of sulfone groups is 1. The van der Waals surface area contributed by atoms with Gasteiger partial charge in [0.2, 0.25) is 0 Å². The Morgan fingerprint density at radius 1 is 0.889 bits per heavy atom. The van der Waals surface area contributed by atoms with Gasteiger partial charge in [0.05, 0.1) is 15.5 Å². The lowest BCUT2D eigenvalue weighted by molar-refractivity contribution is 0.568. The van der Waals surface area contributed by atoms with Gasteiger partial charge in [0.15, 0.2) is 9.84 Å². The molecule has 0 amide bonds. The van der Waals surface area contributed by atoms with Crippen LogP contribution in [0.3, 0.4) is 0 Å². The lowest BCUT2D eigenvalue weighted by Gasteiger charge is -2.24. The molecule has 1 atom stereocenters. The summed E-state index contributed by atoms with van der Waals surface area (Å²) in [5.74, 6) is 0. The Labute approximate surface area is 160 Å². The summed E-state index contributed by atoms with van der Waals surface area (Å²) in [6.45, 7) is 1.87. The van der Waals surface area contributed by atoms with Gasteiger partial charge < -0.3 is 0 Å². The minimum atomic E-state index is -3.84. The molecule has 1 aliphatic rings. The number of nitrogens with one attached hydrogen (secondary N) is 1. The number of aryl methyl sites for hydroxylation is 1. The quantitative estimate of drug-likeness (QED) is 0.773. The second-order valence-electron chi connectivity index (χ2n) is 6.60. The van der Waals surface area contributed by atoms with Gasteiger partial charge in [-0.2, -0.15) is 13.5 Å². The fourth-order valence-corrected chi connectivity index (χ4v) is 5.80. The number of benzene rings is 2. The molecule has 6 nitrogen and oxygen atoms in total. The maximum Gasteiger partial charge on any atom is 0.276 e. The molecular formula is C19H22N2O4S2. The van der Waals surface area contributed by atoms with E-state index in [4.69, 9.17) is 0 Å². The van der Waals surface area contributed by atoms with Gasteiger partial charge in [-0.25, -0.2) is 13.2 Å². The van der Waals surface area contributed by atoms with Crippen LogP contribution < -0.4 is 4.83 Å². The molecule has 1 unspecified atom stereocenters. The van der Waals surface area contributed by atoms with Crippen molar-refractivity contribution >= 4 is 25.6 Å². The normalized spacial score (nSPS) is 19.7. The summed E-state index contributed by atoms with van der Waals surface area (Å²) in [6.07, 6.45) is 2.43. The van der Waals surface area contributed by atoms with Crippen molar-refractivity contribution < 1.29 is 16.8 Å². The lowest BCUT2D eigenvalue weighted by atomic mass is 9.98. The first-order valence-electron chi connectivity index (χ1n) is 8.74. The Bertz CT molecular complexity index is 1030. The van der Waals surface area contributed by atoms with Crippen LogP contribution in [-0.4, -0.2) is 27.8 Å². The summed E-state index contributed by atoms with van der Waals surface area (Å²) in [7, 11) is -7.46. The van der Waals surface area contributed by atoms with Gasteiger partial charge in [-0.05, 0) is 50.5 Å². The van der Waals surface area contributed by atoms with E-state index < -0.39 is 25.1 Å². The summed E-state index contributed by atoms with van der Waals surface area (Å²) < 4.78 is 50.8. The summed E-state index contributed by atoms with van der Waals surface area (Å²) in [5, 5.41) is 3.22. The van der Waals surface area contributed by atoms with Gasteiger partial charge >= 0.3 is 0 Å². The smallest absolute Gasteiger partial charge is 0.223 e. The Morgan fingerprint density at radius 2 is 1.56 bits per heavy atom. The van der Waals surface area contributed by atoms with Crippen molar-refractivity contribution in [1.29, 1.82) is 0 Å². The SMILES string of the molecule is Cc1ccc(S(=O)(=O)N/N=C2/CCCCC2S(=O)(=O)c2ccccc2)cc1. The minimum Gasteiger partial charge on any atom is -0.223 e. The lowest BCUT2D eigenvalue weighted by Crippen LogP contribution is -2.35. The van der Waals surface area contributed by atoms with Crippen molar-refractivity contribution in [3.05, 3.63) is 60.2 Å². The van der Waals surface area contributed by atoms with E-state index in [2.05, 4.69) is 9.93 Å². The topological polar surface area (TPSA) is 92.7 Å². The molecule has 1 N–H and O–H groups in total. The summed E-state index contributed by atoms with van der Waals surface area (Å²) in [5.41, 5.74) is 1.31. The van der Waals surface area contributed by atoms with Crippen molar-refractivity contribution in [2.75, 3.05) is 0 Å². The van der Waals surface area contributed by atoms with E-state index >= 15 is 0 Å². The van der Waals surface area contributed by atoms with Crippen molar-refractivity contribution in [3.8, 4) is 0 Å². The molecule has 0 spiro atoms. The van der Waals surface area contributed by atoms with Crippen LogP contribution in [0.15, 0.2) is 69.5 Å². The zero-order valence-corrected chi connectivity index (χ0v) is 16.6. The highest BCUT2D eigenvalue weighted by Crippen LogP contribution is 2.27. The van der Waals surface area contributed by atoms with Crippen LogP contribution in [0.4, 0.5) is 0 Å². The average Bonchev–Trinajstić information content (AvgIpc) is 2.68. The molecule has 2 aromatic rings. The third-order valence-corrected chi connectivity index (χ3v) is 8.02. The minimum absolute atomic E-state index is 0.0933. The molecule has 0 radical (unpaired) electrons. The van der Waals surface area contributed by atoms with Gasteiger partial charge in [0.1, 0.15) is 5.25 Å². The fourth-order valence-electron chi connectivity index (χ4n) is 3.09. The Morgan fingerprint density at radius 3 is 2.22 bits per heavy atom. The Balaban J connectivity index is 1.88. The van der Waals surface area contributed by atoms with E-state index in [-0.39, 0.29) is 9.79 Å². The van der Waals surface area contributed by atoms with Gasteiger partial charge in [0.25, 0.3) is 10.0 Å². The molecule has 2 aromatic carbocycles. The number of hydrogen-bond acceptors (Lipinski definition) is 5. The van der Waals surface area contributed by atoms with Gasteiger partial charge in [-0.3, -0.25) is 0 Å². The van der Waals surface area contributed by atoms with Gasteiger partial charge in [-0.15, -0.1) is 0 Å². The molecule has 3 rings (SSSR count). The number of rotatable bonds is 5. The van der Waals surface area contributed by atoms with Crippen molar-refractivity contribution in [2.24, 2.45) is 5.10 Å². The van der Waals surface area contributed by atoms with Crippen LogP contribution in [0.5, 0.6) is 0 Å². The van der Waals surface area contributed by atoms with Crippen molar-refractivity contribution in [1.82, 2.24) is 4.83 Å². The Kier molecular flexibility index (Phi) is 5.67. The second kappa shape index (κ2) is 7.82. The predicted molar refractivity (Wildman–Crippen MR) is 105 cm³/mol. The first-order chi connectivity index (χ1) is 12.8. The number of sulfonamides is 1. The first-order valence-corrected chi connectivity index (χ1v) is 11.8.